The third kappa shape index (κ3) is 2.28. The van der Waals surface area contributed by atoms with Crippen LogP contribution < -0.4 is 0 Å². The Morgan fingerprint density at radius 2 is 1.87 bits per heavy atom. The van der Waals surface area contributed by atoms with Crippen LogP contribution in [0.5, 0.6) is 0 Å². The van der Waals surface area contributed by atoms with Crippen LogP contribution >= 0.6 is 23.2 Å². The zero-order chi connectivity index (χ0) is 11.0. The molecule has 1 aromatic carbocycles. The van der Waals surface area contributed by atoms with Crippen molar-refractivity contribution in [2.24, 2.45) is 5.92 Å². The highest BCUT2D eigenvalue weighted by Crippen LogP contribution is 2.40. The summed E-state index contributed by atoms with van der Waals surface area (Å²) in [6.07, 6.45) is 0.261. The molecular formula is C11H12Cl2O2. The van der Waals surface area contributed by atoms with E-state index in [1.807, 2.05) is 0 Å². The summed E-state index contributed by atoms with van der Waals surface area (Å²) in [4.78, 5) is 0. The molecule has 2 atom stereocenters. The standard InChI is InChI=1S/C11H12Cl2O2/c12-8-3-1-2-7(9(8)13)11(15)10(14)6-4-5-6/h1-3,6,10-11,14-15H,4-5H2. The molecule has 0 aliphatic heterocycles. The van der Waals surface area contributed by atoms with Crippen LogP contribution in [-0.2, 0) is 0 Å². The molecule has 0 saturated heterocycles. The minimum absolute atomic E-state index is 0.204. The topological polar surface area (TPSA) is 40.5 Å². The Bertz CT molecular complexity index is 364. The van der Waals surface area contributed by atoms with Gasteiger partial charge in [0.1, 0.15) is 6.10 Å². The molecule has 0 amide bonds. The SMILES string of the molecule is OC(c1cccc(Cl)c1Cl)C(O)C1CC1. The molecule has 82 valence electrons. The molecule has 0 spiro atoms. The minimum atomic E-state index is -0.941. The van der Waals surface area contributed by atoms with Crippen LogP contribution in [0.25, 0.3) is 0 Å². The Labute approximate surface area is 98.4 Å². The first-order valence-corrected chi connectivity index (χ1v) is 5.67. The predicted octanol–water partition coefficient (Wildman–Crippen LogP) is 2.80. The molecule has 1 aliphatic rings. The molecule has 4 heteroatoms. The van der Waals surface area contributed by atoms with Crippen LogP contribution in [0.3, 0.4) is 0 Å². The van der Waals surface area contributed by atoms with E-state index in [9.17, 15) is 10.2 Å². The molecule has 1 aliphatic carbocycles. The van der Waals surface area contributed by atoms with Gasteiger partial charge in [-0.05, 0) is 24.8 Å². The van der Waals surface area contributed by atoms with E-state index in [4.69, 9.17) is 23.2 Å². The molecular weight excluding hydrogens is 235 g/mol. The van der Waals surface area contributed by atoms with Gasteiger partial charge >= 0.3 is 0 Å². The molecule has 1 aromatic rings. The van der Waals surface area contributed by atoms with E-state index in [0.29, 0.717) is 15.6 Å². The van der Waals surface area contributed by atoms with E-state index in [0.717, 1.165) is 12.8 Å². The highest BCUT2D eigenvalue weighted by atomic mass is 35.5. The second-order valence-electron chi connectivity index (χ2n) is 3.92. The van der Waals surface area contributed by atoms with E-state index < -0.39 is 12.2 Å². The highest BCUT2D eigenvalue weighted by molar-refractivity contribution is 6.42. The molecule has 0 aromatic heterocycles. The summed E-state index contributed by atoms with van der Waals surface area (Å²) in [5.74, 6) is 0.204. The lowest BCUT2D eigenvalue weighted by Crippen LogP contribution is -2.20. The quantitative estimate of drug-likeness (QED) is 0.862. The summed E-state index contributed by atoms with van der Waals surface area (Å²) < 4.78 is 0. The lowest BCUT2D eigenvalue weighted by atomic mass is 10.0. The first-order chi connectivity index (χ1) is 7.11. The van der Waals surface area contributed by atoms with E-state index in [2.05, 4.69) is 0 Å². The van der Waals surface area contributed by atoms with Crippen molar-refractivity contribution >= 4 is 23.2 Å². The number of hydrogen-bond donors (Lipinski definition) is 2. The highest BCUT2D eigenvalue weighted by Gasteiger charge is 2.35. The first kappa shape index (κ1) is 11.2. The van der Waals surface area contributed by atoms with Crippen molar-refractivity contribution in [3.05, 3.63) is 33.8 Å². The molecule has 2 unspecified atom stereocenters. The van der Waals surface area contributed by atoms with Gasteiger partial charge in [0.05, 0.1) is 16.1 Å². The van der Waals surface area contributed by atoms with E-state index in [1.165, 1.54) is 0 Å². The number of rotatable bonds is 3. The summed E-state index contributed by atoms with van der Waals surface area (Å²) in [7, 11) is 0. The summed E-state index contributed by atoms with van der Waals surface area (Å²) >= 11 is 11.8. The van der Waals surface area contributed by atoms with Crippen LogP contribution in [0.2, 0.25) is 10.0 Å². The number of aliphatic hydroxyl groups is 2. The number of hydrogen-bond acceptors (Lipinski definition) is 2. The van der Waals surface area contributed by atoms with Crippen molar-refractivity contribution in [3.63, 3.8) is 0 Å². The maximum atomic E-state index is 9.91. The minimum Gasteiger partial charge on any atom is -0.390 e. The van der Waals surface area contributed by atoms with Crippen LogP contribution in [0.1, 0.15) is 24.5 Å². The normalized spacial score (nSPS) is 20.0. The van der Waals surface area contributed by atoms with Crippen LogP contribution in [0.4, 0.5) is 0 Å². The van der Waals surface area contributed by atoms with Gasteiger partial charge in [0.25, 0.3) is 0 Å². The smallest absolute Gasteiger partial charge is 0.107 e. The first-order valence-electron chi connectivity index (χ1n) is 4.91. The second-order valence-corrected chi connectivity index (χ2v) is 4.70. The lowest BCUT2D eigenvalue weighted by molar-refractivity contribution is 0.00491. The van der Waals surface area contributed by atoms with Gasteiger partial charge < -0.3 is 10.2 Å². The van der Waals surface area contributed by atoms with Gasteiger partial charge in [-0.3, -0.25) is 0 Å². The summed E-state index contributed by atoms with van der Waals surface area (Å²) in [6, 6.07) is 5.06. The van der Waals surface area contributed by atoms with Crippen molar-refractivity contribution in [2.45, 2.75) is 25.0 Å². The molecule has 0 heterocycles. The third-order valence-corrected chi connectivity index (χ3v) is 3.56. The Balaban J connectivity index is 2.24. The van der Waals surface area contributed by atoms with Crippen LogP contribution in [0.15, 0.2) is 18.2 Å². The largest absolute Gasteiger partial charge is 0.390 e. The third-order valence-electron chi connectivity index (χ3n) is 2.73. The second kappa shape index (κ2) is 4.30. The summed E-state index contributed by atoms with van der Waals surface area (Å²) in [6.45, 7) is 0. The zero-order valence-electron chi connectivity index (χ0n) is 8.03. The van der Waals surface area contributed by atoms with Crippen LogP contribution in [0, 0.1) is 5.92 Å². The van der Waals surface area contributed by atoms with Gasteiger partial charge in [0.2, 0.25) is 0 Å². The maximum Gasteiger partial charge on any atom is 0.107 e. The fourth-order valence-corrected chi connectivity index (χ4v) is 2.05. The van der Waals surface area contributed by atoms with Gasteiger partial charge in [0.15, 0.2) is 0 Å². The Kier molecular flexibility index (Phi) is 3.21. The Morgan fingerprint density at radius 1 is 1.20 bits per heavy atom. The number of aliphatic hydroxyl groups excluding tert-OH is 2. The van der Waals surface area contributed by atoms with Crippen molar-refractivity contribution < 1.29 is 10.2 Å². The summed E-state index contributed by atoms with van der Waals surface area (Å²) in [5.41, 5.74) is 0.503. The monoisotopic (exact) mass is 246 g/mol. The molecule has 2 N–H and O–H groups in total. The van der Waals surface area contributed by atoms with Gasteiger partial charge in [-0.1, -0.05) is 35.3 Å². The van der Waals surface area contributed by atoms with E-state index in [-0.39, 0.29) is 5.92 Å². The molecule has 0 radical (unpaired) electrons. The van der Waals surface area contributed by atoms with Gasteiger partial charge in [-0.15, -0.1) is 0 Å². The molecule has 0 bridgehead atoms. The molecule has 1 saturated carbocycles. The average Bonchev–Trinajstić information content (AvgIpc) is 3.03. The van der Waals surface area contributed by atoms with E-state index in [1.54, 1.807) is 18.2 Å². The fourth-order valence-electron chi connectivity index (χ4n) is 1.63. The van der Waals surface area contributed by atoms with Gasteiger partial charge in [0, 0.05) is 5.56 Å². The van der Waals surface area contributed by atoms with Crippen molar-refractivity contribution in [1.82, 2.24) is 0 Å². The summed E-state index contributed by atoms with van der Waals surface area (Å²) in [5, 5.41) is 20.4. The average molecular weight is 247 g/mol. The Morgan fingerprint density at radius 3 is 2.47 bits per heavy atom. The van der Waals surface area contributed by atoms with E-state index >= 15 is 0 Å². The molecule has 15 heavy (non-hydrogen) atoms. The van der Waals surface area contributed by atoms with Gasteiger partial charge in [-0.25, -0.2) is 0 Å². The van der Waals surface area contributed by atoms with Crippen LogP contribution in [-0.4, -0.2) is 16.3 Å². The maximum absolute atomic E-state index is 9.91. The molecule has 2 rings (SSSR count). The lowest BCUT2D eigenvalue weighted by Gasteiger charge is -2.19. The zero-order valence-corrected chi connectivity index (χ0v) is 9.54. The van der Waals surface area contributed by atoms with Crippen molar-refractivity contribution in [1.29, 1.82) is 0 Å². The number of halogens is 2. The van der Waals surface area contributed by atoms with Crippen molar-refractivity contribution in [3.8, 4) is 0 Å². The molecule has 2 nitrogen and oxygen atoms in total. The number of benzene rings is 1. The fraction of sp³-hybridized carbons (Fsp3) is 0.455. The Hall–Kier alpha value is -0.280. The van der Waals surface area contributed by atoms with Crippen molar-refractivity contribution in [2.75, 3.05) is 0 Å². The predicted molar refractivity (Wildman–Crippen MR) is 60.2 cm³/mol. The molecule has 1 fully saturated rings. The van der Waals surface area contributed by atoms with Gasteiger partial charge in [-0.2, -0.15) is 0 Å².